The minimum Gasteiger partial charge on any atom is -0.480 e. The fourth-order valence-corrected chi connectivity index (χ4v) is 3.26. The first-order valence-electron chi connectivity index (χ1n) is 10.1. The molecule has 0 saturated heterocycles. The SMILES string of the molecule is O=C(O)[C@@H](NCCCCCCCN[C@H](C(=O)O)c1ccccc1)c1ccccc1. The van der Waals surface area contributed by atoms with Gasteiger partial charge in [0.2, 0.25) is 0 Å². The third kappa shape index (κ3) is 8.05. The molecule has 2 aromatic rings. The van der Waals surface area contributed by atoms with Gasteiger partial charge in [-0.15, -0.1) is 0 Å². The van der Waals surface area contributed by atoms with E-state index >= 15 is 0 Å². The van der Waals surface area contributed by atoms with Gasteiger partial charge in [-0.1, -0.05) is 79.9 Å². The van der Waals surface area contributed by atoms with E-state index in [0.29, 0.717) is 13.1 Å². The van der Waals surface area contributed by atoms with E-state index in [1.54, 1.807) is 0 Å². The highest BCUT2D eigenvalue weighted by Gasteiger charge is 2.19. The van der Waals surface area contributed by atoms with E-state index < -0.39 is 24.0 Å². The lowest BCUT2D eigenvalue weighted by molar-refractivity contribution is -0.140. The standard InChI is InChI=1S/C23H30N2O4/c26-22(27)20(18-12-6-4-7-13-18)24-16-10-2-1-3-11-17-25-21(23(28)29)19-14-8-5-9-15-19/h4-9,12-15,20-21,24-25H,1-3,10-11,16-17H2,(H,26,27)(H,28,29)/t20-,21-/m0/s1. The van der Waals surface area contributed by atoms with Gasteiger partial charge in [0.15, 0.2) is 0 Å². The Morgan fingerprint density at radius 2 is 0.966 bits per heavy atom. The van der Waals surface area contributed by atoms with Crippen LogP contribution in [0.15, 0.2) is 60.7 Å². The van der Waals surface area contributed by atoms with E-state index in [0.717, 1.165) is 43.2 Å². The molecule has 0 unspecified atom stereocenters. The van der Waals surface area contributed by atoms with Crippen molar-refractivity contribution in [3.05, 3.63) is 71.8 Å². The Bertz CT molecular complexity index is 674. The Morgan fingerprint density at radius 1 is 0.621 bits per heavy atom. The lowest BCUT2D eigenvalue weighted by atomic mass is 10.1. The second-order valence-corrected chi connectivity index (χ2v) is 7.04. The molecule has 0 spiro atoms. The molecule has 0 saturated carbocycles. The summed E-state index contributed by atoms with van der Waals surface area (Å²) in [5.74, 6) is -1.73. The van der Waals surface area contributed by atoms with Crippen molar-refractivity contribution in [1.82, 2.24) is 10.6 Å². The molecule has 4 N–H and O–H groups in total. The Labute approximate surface area is 172 Å². The molecule has 29 heavy (non-hydrogen) atoms. The molecule has 6 heteroatoms. The smallest absolute Gasteiger partial charge is 0.325 e. The monoisotopic (exact) mass is 398 g/mol. The molecule has 2 aromatic carbocycles. The average molecular weight is 399 g/mol. The first kappa shape index (κ1) is 22.6. The zero-order valence-corrected chi connectivity index (χ0v) is 16.6. The van der Waals surface area contributed by atoms with Gasteiger partial charge in [-0.2, -0.15) is 0 Å². The van der Waals surface area contributed by atoms with Crippen LogP contribution in [0.2, 0.25) is 0 Å². The van der Waals surface area contributed by atoms with Gasteiger partial charge in [0.1, 0.15) is 12.1 Å². The Balaban J connectivity index is 1.58. The van der Waals surface area contributed by atoms with E-state index in [2.05, 4.69) is 10.6 Å². The average Bonchev–Trinajstić information content (AvgIpc) is 2.73. The third-order valence-electron chi connectivity index (χ3n) is 4.81. The van der Waals surface area contributed by atoms with Crippen LogP contribution in [0, 0.1) is 0 Å². The van der Waals surface area contributed by atoms with Crippen LogP contribution in [0.4, 0.5) is 0 Å². The largest absolute Gasteiger partial charge is 0.480 e. The minimum atomic E-state index is -0.867. The van der Waals surface area contributed by atoms with Crippen LogP contribution in [-0.2, 0) is 9.59 Å². The number of hydrogen-bond donors (Lipinski definition) is 4. The molecule has 6 nitrogen and oxygen atoms in total. The topological polar surface area (TPSA) is 98.7 Å². The number of carbonyl (C=O) groups is 2. The van der Waals surface area contributed by atoms with Gasteiger partial charge in [-0.05, 0) is 37.1 Å². The second kappa shape index (κ2) is 12.7. The van der Waals surface area contributed by atoms with E-state index in [1.165, 1.54) is 0 Å². The van der Waals surface area contributed by atoms with Crippen molar-refractivity contribution in [2.75, 3.05) is 13.1 Å². The summed E-state index contributed by atoms with van der Waals surface area (Å²) in [6, 6.07) is 17.0. The fraction of sp³-hybridized carbons (Fsp3) is 0.391. The Kier molecular flexibility index (Phi) is 9.89. The van der Waals surface area contributed by atoms with Crippen molar-refractivity contribution < 1.29 is 19.8 Å². The summed E-state index contributed by atoms with van der Waals surface area (Å²) < 4.78 is 0. The number of carboxylic acids is 2. The predicted octanol–water partition coefficient (Wildman–Crippen LogP) is 3.77. The molecule has 0 aliphatic carbocycles. The normalized spacial score (nSPS) is 13.0. The lowest BCUT2D eigenvalue weighted by Gasteiger charge is -2.15. The third-order valence-corrected chi connectivity index (χ3v) is 4.81. The van der Waals surface area contributed by atoms with Crippen LogP contribution in [0.3, 0.4) is 0 Å². The molecule has 0 aromatic heterocycles. The summed E-state index contributed by atoms with van der Waals surface area (Å²) >= 11 is 0. The molecule has 156 valence electrons. The van der Waals surface area contributed by atoms with Crippen LogP contribution in [0.25, 0.3) is 0 Å². The molecule has 0 radical (unpaired) electrons. The van der Waals surface area contributed by atoms with Crippen molar-refractivity contribution in [2.24, 2.45) is 0 Å². The van der Waals surface area contributed by atoms with Crippen molar-refractivity contribution in [2.45, 2.75) is 44.2 Å². The first-order valence-corrected chi connectivity index (χ1v) is 10.1. The van der Waals surface area contributed by atoms with Crippen LogP contribution < -0.4 is 10.6 Å². The summed E-state index contributed by atoms with van der Waals surface area (Å²) in [7, 11) is 0. The summed E-state index contributed by atoms with van der Waals surface area (Å²) in [5.41, 5.74) is 1.52. The number of nitrogens with one attached hydrogen (secondary N) is 2. The van der Waals surface area contributed by atoms with Gasteiger partial charge in [-0.25, -0.2) is 0 Å². The maximum atomic E-state index is 11.4. The fourth-order valence-electron chi connectivity index (χ4n) is 3.26. The van der Waals surface area contributed by atoms with Gasteiger partial charge in [0.25, 0.3) is 0 Å². The van der Waals surface area contributed by atoms with Gasteiger partial charge >= 0.3 is 11.9 Å². The predicted molar refractivity (Wildman–Crippen MR) is 113 cm³/mol. The summed E-state index contributed by atoms with van der Waals surface area (Å²) in [4.78, 5) is 22.9. The Hall–Kier alpha value is -2.70. The van der Waals surface area contributed by atoms with E-state index in [9.17, 15) is 19.8 Å². The summed E-state index contributed by atoms with van der Waals surface area (Å²) in [6.45, 7) is 1.30. The van der Waals surface area contributed by atoms with Gasteiger partial charge in [-0.3, -0.25) is 9.59 Å². The number of rotatable bonds is 14. The molecular weight excluding hydrogens is 368 g/mol. The number of benzene rings is 2. The molecule has 0 aliphatic rings. The van der Waals surface area contributed by atoms with E-state index in [4.69, 9.17) is 0 Å². The van der Waals surface area contributed by atoms with Crippen LogP contribution in [0.1, 0.15) is 55.3 Å². The molecule has 0 fully saturated rings. The van der Waals surface area contributed by atoms with Crippen LogP contribution in [0.5, 0.6) is 0 Å². The zero-order chi connectivity index (χ0) is 20.9. The molecule has 0 heterocycles. The molecule has 2 atom stereocenters. The minimum absolute atomic E-state index is 0.652. The van der Waals surface area contributed by atoms with Gasteiger partial charge < -0.3 is 20.8 Å². The van der Waals surface area contributed by atoms with Crippen molar-refractivity contribution >= 4 is 11.9 Å². The molecule has 0 aliphatic heterocycles. The number of carboxylic acid groups (broad SMARTS) is 2. The second-order valence-electron chi connectivity index (χ2n) is 7.04. The number of unbranched alkanes of at least 4 members (excludes halogenated alkanes) is 4. The maximum Gasteiger partial charge on any atom is 0.325 e. The highest BCUT2D eigenvalue weighted by atomic mass is 16.4. The maximum absolute atomic E-state index is 11.4. The molecular formula is C23H30N2O4. The van der Waals surface area contributed by atoms with E-state index in [1.807, 2.05) is 60.7 Å². The first-order chi connectivity index (χ1) is 14.1. The number of hydrogen-bond acceptors (Lipinski definition) is 4. The molecule has 0 amide bonds. The lowest BCUT2D eigenvalue weighted by Crippen LogP contribution is -2.29. The van der Waals surface area contributed by atoms with E-state index in [-0.39, 0.29) is 0 Å². The van der Waals surface area contributed by atoms with Crippen molar-refractivity contribution in [1.29, 1.82) is 0 Å². The quantitative estimate of drug-likeness (QED) is 0.362. The van der Waals surface area contributed by atoms with Crippen LogP contribution >= 0.6 is 0 Å². The summed E-state index contributed by atoms with van der Waals surface area (Å²) in [5, 5.41) is 25.0. The highest BCUT2D eigenvalue weighted by molar-refractivity contribution is 5.76. The number of aliphatic carboxylic acids is 2. The van der Waals surface area contributed by atoms with Crippen molar-refractivity contribution in [3.8, 4) is 0 Å². The van der Waals surface area contributed by atoms with Gasteiger partial charge in [0, 0.05) is 0 Å². The van der Waals surface area contributed by atoms with Crippen molar-refractivity contribution in [3.63, 3.8) is 0 Å². The highest BCUT2D eigenvalue weighted by Crippen LogP contribution is 2.14. The van der Waals surface area contributed by atoms with Gasteiger partial charge in [0.05, 0.1) is 0 Å². The molecule has 2 rings (SSSR count). The Morgan fingerprint density at radius 3 is 1.31 bits per heavy atom. The molecule has 0 bridgehead atoms. The van der Waals surface area contributed by atoms with Crippen LogP contribution in [-0.4, -0.2) is 35.2 Å². The summed E-state index contributed by atoms with van der Waals surface area (Å²) in [6.07, 6.45) is 4.87. The zero-order valence-electron chi connectivity index (χ0n) is 16.6.